The van der Waals surface area contributed by atoms with Crippen LogP contribution in [0.15, 0.2) is 0 Å². The molecule has 0 aliphatic carbocycles. The van der Waals surface area contributed by atoms with Crippen molar-refractivity contribution in [3.63, 3.8) is 0 Å². The molecule has 0 bridgehead atoms. The molecule has 0 spiro atoms. The summed E-state index contributed by atoms with van der Waals surface area (Å²) >= 11 is 0. The van der Waals surface area contributed by atoms with Crippen LogP contribution in [0, 0.1) is 5.41 Å². The molecule has 9 heteroatoms. The number of carbonyl (C=O) groups is 2. The molecule has 1 unspecified atom stereocenters. The van der Waals surface area contributed by atoms with Crippen LogP contribution in [0.25, 0.3) is 0 Å². The van der Waals surface area contributed by atoms with Crippen LogP contribution in [0.2, 0.25) is 0 Å². The summed E-state index contributed by atoms with van der Waals surface area (Å²) in [6.45, 7) is 11.8. The number of halogens is 2. The lowest BCUT2D eigenvalue weighted by molar-refractivity contribution is -0.146. The highest BCUT2D eigenvalue weighted by atomic mass is 35.5. The first kappa shape index (κ1) is 26.4. The molecule has 2 amide bonds. The van der Waals surface area contributed by atoms with Gasteiger partial charge in [0.05, 0.1) is 24.7 Å². The van der Waals surface area contributed by atoms with Gasteiger partial charge in [-0.2, -0.15) is 0 Å². The maximum atomic E-state index is 12.9. The summed E-state index contributed by atoms with van der Waals surface area (Å²) in [4.78, 5) is 31.6. The van der Waals surface area contributed by atoms with E-state index in [9.17, 15) is 9.59 Å². The molecule has 7 nitrogen and oxygen atoms in total. The molecule has 0 radical (unpaired) electrons. The highest BCUT2D eigenvalue weighted by Crippen LogP contribution is 2.28. The zero-order valence-corrected chi connectivity index (χ0v) is 18.4. The lowest BCUT2D eigenvalue weighted by Gasteiger charge is -2.42. The highest BCUT2D eigenvalue weighted by Gasteiger charge is 2.39. The summed E-state index contributed by atoms with van der Waals surface area (Å²) in [6.07, 6.45) is 1.54. The summed E-state index contributed by atoms with van der Waals surface area (Å²) in [5.41, 5.74) is 5.48. The fourth-order valence-corrected chi connectivity index (χ4v) is 3.78. The van der Waals surface area contributed by atoms with Gasteiger partial charge in [0, 0.05) is 45.8 Å². The summed E-state index contributed by atoms with van der Waals surface area (Å²) in [7, 11) is 0. The second-order valence-corrected chi connectivity index (χ2v) is 7.13. The van der Waals surface area contributed by atoms with E-state index < -0.39 is 5.41 Å². The molecule has 27 heavy (non-hydrogen) atoms. The van der Waals surface area contributed by atoms with Crippen molar-refractivity contribution in [2.75, 3.05) is 59.0 Å². The van der Waals surface area contributed by atoms with E-state index in [1.54, 1.807) is 0 Å². The molecule has 0 saturated carbocycles. The fraction of sp³-hybridized carbons (Fsp3) is 0.889. The molecule has 2 aliphatic heterocycles. The van der Waals surface area contributed by atoms with Crippen molar-refractivity contribution < 1.29 is 14.3 Å². The zero-order valence-electron chi connectivity index (χ0n) is 16.8. The molecule has 2 fully saturated rings. The third kappa shape index (κ3) is 5.94. The normalized spacial score (nSPS) is 19.7. The zero-order chi connectivity index (χ0) is 18.4. The van der Waals surface area contributed by atoms with Gasteiger partial charge in [0.2, 0.25) is 11.8 Å². The van der Waals surface area contributed by atoms with Crippen molar-refractivity contribution in [3.05, 3.63) is 0 Å². The van der Waals surface area contributed by atoms with Crippen LogP contribution in [0.5, 0.6) is 0 Å². The van der Waals surface area contributed by atoms with Gasteiger partial charge in [-0.1, -0.05) is 13.8 Å². The minimum Gasteiger partial charge on any atom is -0.378 e. The van der Waals surface area contributed by atoms with Gasteiger partial charge >= 0.3 is 0 Å². The van der Waals surface area contributed by atoms with Gasteiger partial charge in [-0.25, -0.2) is 0 Å². The maximum absolute atomic E-state index is 12.9. The SMILES string of the molecule is CCC(CC)(CN)C(=O)N1CCN(C(C)C(=O)N2CCOCC2)CC1.Cl.Cl. The predicted octanol–water partition coefficient (Wildman–Crippen LogP) is 0.987. The third-order valence-electron chi connectivity index (χ3n) is 6.03. The molecule has 2 N–H and O–H groups in total. The number of ether oxygens (including phenoxy) is 1. The first-order valence-electron chi connectivity index (χ1n) is 9.59. The monoisotopic (exact) mass is 426 g/mol. The van der Waals surface area contributed by atoms with Crippen molar-refractivity contribution in [1.82, 2.24) is 14.7 Å². The number of nitrogens with zero attached hydrogens (tertiary/aromatic N) is 3. The lowest BCUT2D eigenvalue weighted by Crippen LogP contribution is -2.58. The van der Waals surface area contributed by atoms with Crippen molar-refractivity contribution in [2.24, 2.45) is 11.1 Å². The van der Waals surface area contributed by atoms with E-state index in [0.29, 0.717) is 45.9 Å². The van der Waals surface area contributed by atoms with Gasteiger partial charge in [0.25, 0.3) is 0 Å². The minimum absolute atomic E-state index is 0. The molecule has 2 heterocycles. The average Bonchev–Trinajstić information content (AvgIpc) is 2.69. The van der Waals surface area contributed by atoms with Crippen LogP contribution in [0.4, 0.5) is 0 Å². The average molecular weight is 427 g/mol. The van der Waals surface area contributed by atoms with Crippen LogP contribution >= 0.6 is 24.8 Å². The quantitative estimate of drug-likeness (QED) is 0.684. The van der Waals surface area contributed by atoms with Gasteiger partial charge in [0.1, 0.15) is 0 Å². The molecule has 0 aromatic rings. The number of amides is 2. The number of hydrogen-bond acceptors (Lipinski definition) is 5. The van der Waals surface area contributed by atoms with Gasteiger partial charge < -0.3 is 20.3 Å². The number of nitrogens with two attached hydrogens (primary N) is 1. The first-order chi connectivity index (χ1) is 12.0. The van der Waals surface area contributed by atoms with E-state index in [-0.39, 0.29) is 42.7 Å². The van der Waals surface area contributed by atoms with Crippen molar-refractivity contribution in [1.29, 1.82) is 0 Å². The summed E-state index contributed by atoms with van der Waals surface area (Å²) < 4.78 is 5.32. The van der Waals surface area contributed by atoms with Crippen LogP contribution in [-0.2, 0) is 14.3 Å². The third-order valence-corrected chi connectivity index (χ3v) is 6.03. The number of piperazine rings is 1. The second kappa shape index (κ2) is 12.1. The predicted molar refractivity (Wildman–Crippen MR) is 112 cm³/mol. The summed E-state index contributed by atoms with van der Waals surface area (Å²) in [5, 5.41) is 0. The van der Waals surface area contributed by atoms with Crippen LogP contribution in [0.3, 0.4) is 0 Å². The Hall–Kier alpha value is -0.600. The largest absolute Gasteiger partial charge is 0.378 e. The van der Waals surface area contributed by atoms with Gasteiger partial charge in [0.15, 0.2) is 0 Å². The molecule has 2 rings (SSSR count). The Morgan fingerprint density at radius 2 is 1.48 bits per heavy atom. The molecule has 2 aliphatic rings. The number of morpholine rings is 1. The molecular weight excluding hydrogens is 391 g/mol. The first-order valence-corrected chi connectivity index (χ1v) is 9.59. The van der Waals surface area contributed by atoms with E-state index >= 15 is 0 Å². The van der Waals surface area contributed by atoms with Crippen LogP contribution in [0.1, 0.15) is 33.6 Å². The van der Waals surface area contributed by atoms with Crippen molar-refractivity contribution in [2.45, 2.75) is 39.7 Å². The van der Waals surface area contributed by atoms with Crippen LogP contribution in [-0.4, -0.2) is 91.6 Å². The standard InChI is InChI=1S/C18H34N4O3.2ClH/c1-4-18(5-2,14-19)17(24)22-8-6-20(7-9-22)15(3)16(23)21-10-12-25-13-11-21;;/h15H,4-14,19H2,1-3H3;2*1H. The maximum Gasteiger partial charge on any atom is 0.239 e. The van der Waals surface area contributed by atoms with E-state index in [2.05, 4.69) is 4.90 Å². The van der Waals surface area contributed by atoms with E-state index in [0.717, 1.165) is 25.9 Å². The summed E-state index contributed by atoms with van der Waals surface area (Å²) in [6, 6.07) is -0.146. The Kier molecular flexibility index (Phi) is 11.8. The lowest BCUT2D eigenvalue weighted by atomic mass is 9.80. The van der Waals surface area contributed by atoms with E-state index in [1.165, 1.54) is 0 Å². The van der Waals surface area contributed by atoms with Crippen molar-refractivity contribution in [3.8, 4) is 0 Å². The number of carbonyl (C=O) groups excluding carboxylic acids is 2. The number of hydrogen-bond donors (Lipinski definition) is 1. The Morgan fingerprint density at radius 3 is 1.93 bits per heavy atom. The smallest absolute Gasteiger partial charge is 0.239 e. The molecular formula is C18H36Cl2N4O3. The molecule has 1 atom stereocenters. The topological polar surface area (TPSA) is 79.1 Å². The fourth-order valence-electron chi connectivity index (χ4n) is 3.78. The molecule has 0 aromatic heterocycles. The molecule has 160 valence electrons. The van der Waals surface area contributed by atoms with Gasteiger partial charge in [-0.15, -0.1) is 24.8 Å². The van der Waals surface area contributed by atoms with Crippen molar-refractivity contribution >= 4 is 36.6 Å². The Morgan fingerprint density at radius 1 is 0.963 bits per heavy atom. The Bertz CT molecular complexity index is 455. The highest BCUT2D eigenvalue weighted by molar-refractivity contribution is 5.85. The number of rotatable bonds is 6. The van der Waals surface area contributed by atoms with Crippen LogP contribution < -0.4 is 5.73 Å². The van der Waals surface area contributed by atoms with Gasteiger partial charge in [-0.05, 0) is 19.8 Å². The second-order valence-electron chi connectivity index (χ2n) is 7.13. The molecule has 2 saturated heterocycles. The van der Waals surface area contributed by atoms with Gasteiger partial charge in [-0.3, -0.25) is 14.5 Å². The summed E-state index contributed by atoms with van der Waals surface area (Å²) in [5.74, 6) is 0.341. The van der Waals surface area contributed by atoms with E-state index in [1.807, 2.05) is 30.6 Å². The van der Waals surface area contributed by atoms with E-state index in [4.69, 9.17) is 10.5 Å². The minimum atomic E-state index is -0.433. The Balaban J connectivity index is 0.00000338. The Labute approximate surface area is 175 Å². The molecule has 0 aromatic carbocycles.